The summed E-state index contributed by atoms with van der Waals surface area (Å²) in [4.78, 5) is 18.2. The first-order valence-electron chi connectivity index (χ1n) is 8.04. The Bertz CT molecular complexity index is 777. The molecule has 1 amide bonds. The zero-order chi connectivity index (χ0) is 18.0. The Morgan fingerprint density at radius 2 is 2.00 bits per heavy atom. The van der Waals surface area contributed by atoms with E-state index in [4.69, 9.17) is 4.74 Å². The molecule has 0 radical (unpaired) electrons. The molecule has 2 aromatic rings. The number of benzene rings is 1. The summed E-state index contributed by atoms with van der Waals surface area (Å²) in [6.45, 7) is 5.22. The summed E-state index contributed by atoms with van der Waals surface area (Å²) < 4.78 is 20.9. The van der Waals surface area contributed by atoms with Gasteiger partial charge in [0.1, 0.15) is 5.82 Å². The molecular formula is C18H19BrFN3O2. The Morgan fingerprint density at radius 3 is 2.64 bits per heavy atom. The van der Waals surface area contributed by atoms with Gasteiger partial charge in [0.15, 0.2) is 0 Å². The molecule has 5 nitrogen and oxygen atoms in total. The number of halogens is 2. The smallest absolute Gasteiger partial charge is 0.257 e. The second-order valence-corrected chi connectivity index (χ2v) is 7.09. The van der Waals surface area contributed by atoms with Crippen molar-refractivity contribution in [2.24, 2.45) is 0 Å². The lowest BCUT2D eigenvalue weighted by molar-refractivity contribution is -0.00539. The standard InChI is InChI=1S/C18H19BrFN3O2/c1-11-9-23(10-12(2)25-11)17-4-3-15(6-16(17)20)22-18(24)13-5-14(19)8-21-7-13/h3-8,11-12H,9-10H2,1-2H3,(H,22,24). The van der Waals surface area contributed by atoms with Gasteiger partial charge in [-0.3, -0.25) is 9.78 Å². The molecule has 0 aliphatic carbocycles. The van der Waals surface area contributed by atoms with Gasteiger partial charge < -0.3 is 15.0 Å². The SMILES string of the molecule is CC1CN(c2ccc(NC(=O)c3cncc(Br)c3)cc2F)CC(C)O1. The molecule has 1 aliphatic rings. The average molecular weight is 408 g/mol. The molecule has 1 aromatic heterocycles. The first kappa shape index (κ1) is 17.8. The average Bonchev–Trinajstić information content (AvgIpc) is 2.54. The molecule has 1 aliphatic heterocycles. The van der Waals surface area contributed by atoms with Gasteiger partial charge in [0.05, 0.1) is 23.5 Å². The lowest BCUT2D eigenvalue weighted by atomic mass is 10.1. The van der Waals surface area contributed by atoms with E-state index < -0.39 is 0 Å². The Labute approximate surface area is 154 Å². The molecule has 0 spiro atoms. The second-order valence-electron chi connectivity index (χ2n) is 6.17. The van der Waals surface area contributed by atoms with Crippen molar-refractivity contribution < 1.29 is 13.9 Å². The van der Waals surface area contributed by atoms with Crippen LogP contribution in [0.25, 0.3) is 0 Å². The second kappa shape index (κ2) is 7.49. The van der Waals surface area contributed by atoms with Crippen LogP contribution in [-0.4, -0.2) is 36.2 Å². The molecule has 1 aromatic carbocycles. The van der Waals surface area contributed by atoms with Crippen LogP contribution in [0.2, 0.25) is 0 Å². The number of carbonyl (C=O) groups is 1. The number of ether oxygens (including phenoxy) is 1. The Morgan fingerprint density at radius 1 is 1.28 bits per heavy atom. The number of amides is 1. The third-order valence-corrected chi connectivity index (χ3v) is 4.37. The lowest BCUT2D eigenvalue weighted by Crippen LogP contribution is -2.45. The number of hydrogen-bond acceptors (Lipinski definition) is 4. The molecule has 1 fully saturated rings. The summed E-state index contributed by atoms with van der Waals surface area (Å²) in [6, 6.07) is 6.38. The number of rotatable bonds is 3. The van der Waals surface area contributed by atoms with Gasteiger partial charge in [-0.1, -0.05) is 0 Å². The van der Waals surface area contributed by atoms with E-state index in [0.717, 1.165) is 0 Å². The van der Waals surface area contributed by atoms with Crippen molar-refractivity contribution in [2.45, 2.75) is 26.1 Å². The molecular weight excluding hydrogens is 389 g/mol. The molecule has 25 heavy (non-hydrogen) atoms. The van der Waals surface area contributed by atoms with Crippen molar-refractivity contribution in [3.8, 4) is 0 Å². The molecule has 132 valence electrons. The van der Waals surface area contributed by atoms with Crippen LogP contribution in [0.15, 0.2) is 41.1 Å². The number of anilines is 2. The largest absolute Gasteiger partial charge is 0.372 e. The summed E-state index contributed by atoms with van der Waals surface area (Å²) >= 11 is 3.27. The number of carbonyl (C=O) groups excluding carboxylic acids is 1. The van der Waals surface area contributed by atoms with E-state index in [-0.39, 0.29) is 23.9 Å². The fourth-order valence-electron chi connectivity index (χ4n) is 2.96. The highest BCUT2D eigenvalue weighted by Crippen LogP contribution is 2.26. The molecule has 3 rings (SSSR count). The number of nitrogens with zero attached hydrogens (tertiary/aromatic N) is 2. The van der Waals surface area contributed by atoms with Crippen LogP contribution in [0.4, 0.5) is 15.8 Å². The van der Waals surface area contributed by atoms with Crippen LogP contribution in [0, 0.1) is 5.82 Å². The van der Waals surface area contributed by atoms with Crippen molar-refractivity contribution >= 4 is 33.2 Å². The fourth-order valence-corrected chi connectivity index (χ4v) is 3.32. The number of nitrogens with one attached hydrogen (secondary N) is 1. The van der Waals surface area contributed by atoms with Crippen molar-refractivity contribution in [3.63, 3.8) is 0 Å². The van der Waals surface area contributed by atoms with Crippen LogP contribution in [0.3, 0.4) is 0 Å². The minimum Gasteiger partial charge on any atom is -0.372 e. The highest BCUT2D eigenvalue weighted by Gasteiger charge is 2.24. The third-order valence-electron chi connectivity index (χ3n) is 3.93. The van der Waals surface area contributed by atoms with Crippen LogP contribution >= 0.6 is 15.9 Å². The molecule has 2 atom stereocenters. The number of hydrogen-bond donors (Lipinski definition) is 1. The molecule has 2 heterocycles. The van der Waals surface area contributed by atoms with Crippen LogP contribution in [0.1, 0.15) is 24.2 Å². The normalized spacial score (nSPS) is 20.4. The van der Waals surface area contributed by atoms with Gasteiger partial charge in [0.2, 0.25) is 0 Å². The molecule has 7 heteroatoms. The Hall–Kier alpha value is -1.99. The quantitative estimate of drug-likeness (QED) is 0.839. The maximum Gasteiger partial charge on any atom is 0.257 e. The molecule has 0 saturated carbocycles. The highest BCUT2D eigenvalue weighted by atomic mass is 79.9. The Kier molecular flexibility index (Phi) is 5.34. The molecule has 1 saturated heterocycles. The number of aromatic nitrogens is 1. The van der Waals surface area contributed by atoms with E-state index in [1.54, 1.807) is 24.4 Å². The number of pyridine rings is 1. The fraction of sp³-hybridized carbons (Fsp3) is 0.333. The summed E-state index contributed by atoms with van der Waals surface area (Å²) in [6.07, 6.45) is 3.15. The van der Waals surface area contributed by atoms with E-state index >= 15 is 0 Å². The zero-order valence-electron chi connectivity index (χ0n) is 14.0. The molecule has 0 bridgehead atoms. The minimum atomic E-state index is -0.369. The van der Waals surface area contributed by atoms with Crippen LogP contribution in [-0.2, 0) is 4.74 Å². The first-order chi connectivity index (χ1) is 11.9. The minimum absolute atomic E-state index is 0.0477. The van der Waals surface area contributed by atoms with Crippen molar-refractivity contribution in [2.75, 3.05) is 23.3 Å². The van der Waals surface area contributed by atoms with Crippen LogP contribution < -0.4 is 10.2 Å². The van der Waals surface area contributed by atoms with Gasteiger partial charge in [-0.25, -0.2) is 4.39 Å². The van der Waals surface area contributed by atoms with Gasteiger partial charge >= 0.3 is 0 Å². The van der Waals surface area contributed by atoms with Gasteiger partial charge in [0.25, 0.3) is 5.91 Å². The topological polar surface area (TPSA) is 54.5 Å². The predicted molar refractivity (Wildman–Crippen MR) is 98.5 cm³/mol. The van der Waals surface area contributed by atoms with Crippen LogP contribution in [0.5, 0.6) is 0 Å². The maximum atomic E-state index is 14.6. The van der Waals surface area contributed by atoms with Gasteiger partial charge in [-0.15, -0.1) is 0 Å². The molecule has 1 N–H and O–H groups in total. The van der Waals surface area contributed by atoms with Crippen molar-refractivity contribution in [1.82, 2.24) is 4.98 Å². The van der Waals surface area contributed by atoms with E-state index in [9.17, 15) is 9.18 Å². The predicted octanol–water partition coefficient (Wildman–Crippen LogP) is 3.85. The van der Waals surface area contributed by atoms with E-state index in [1.165, 1.54) is 12.3 Å². The summed E-state index contributed by atoms with van der Waals surface area (Å²) in [5.41, 5.74) is 1.32. The third kappa shape index (κ3) is 4.35. The zero-order valence-corrected chi connectivity index (χ0v) is 15.6. The monoisotopic (exact) mass is 407 g/mol. The van der Waals surface area contributed by atoms with Gasteiger partial charge in [0, 0.05) is 35.6 Å². The van der Waals surface area contributed by atoms with Crippen molar-refractivity contribution in [3.05, 3.63) is 52.5 Å². The van der Waals surface area contributed by atoms with Crippen molar-refractivity contribution in [1.29, 1.82) is 0 Å². The summed E-state index contributed by atoms with van der Waals surface area (Å²) in [5, 5.41) is 2.69. The highest BCUT2D eigenvalue weighted by molar-refractivity contribution is 9.10. The Balaban J connectivity index is 1.74. The van der Waals surface area contributed by atoms with E-state index in [0.29, 0.717) is 34.5 Å². The maximum absolute atomic E-state index is 14.6. The summed E-state index contributed by atoms with van der Waals surface area (Å²) in [7, 11) is 0. The van der Waals surface area contributed by atoms with Gasteiger partial charge in [-0.2, -0.15) is 0 Å². The van der Waals surface area contributed by atoms with E-state index in [1.807, 2.05) is 18.7 Å². The molecule has 2 unspecified atom stereocenters. The lowest BCUT2D eigenvalue weighted by Gasteiger charge is -2.37. The first-order valence-corrected chi connectivity index (χ1v) is 8.83. The number of morpholine rings is 1. The summed E-state index contributed by atoms with van der Waals surface area (Å²) in [5.74, 6) is -0.707. The van der Waals surface area contributed by atoms with E-state index in [2.05, 4.69) is 26.2 Å². The van der Waals surface area contributed by atoms with Gasteiger partial charge in [-0.05, 0) is 54.0 Å².